The van der Waals surface area contributed by atoms with E-state index in [-0.39, 0.29) is 22.9 Å². The number of nitrogens with one attached hydrogen (secondary N) is 1. The van der Waals surface area contributed by atoms with Gasteiger partial charge in [-0.15, -0.1) is 11.3 Å². The first-order valence-electron chi connectivity index (χ1n) is 6.74. The predicted octanol–water partition coefficient (Wildman–Crippen LogP) is 3.23. The number of halogens is 1. The Morgan fingerprint density at radius 3 is 2.91 bits per heavy atom. The summed E-state index contributed by atoms with van der Waals surface area (Å²) in [7, 11) is 0. The summed E-state index contributed by atoms with van der Waals surface area (Å²) in [5.41, 5.74) is 6.31. The van der Waals surface area contributed by atoms with Crippen molar-refractivity contribution in [3.05, 3.63) is 58.2 Å². The molecule has 5 nitrogen and oxygen atoms in total. The summed E-state index contributed by atoms with van der Waals surface area (Å²) in [6.45, 7) is 0. The largest absolute Gasteiger partial charge is 0.365 e. The monoisotopic (exact) mass is 345 g/mol. The fourth-order valence-corrected chi connectivity index (χ4v) is 3.56. The highest BCUT2D eigenvalue weighted by Crippen LogP contribution is 2.31. The summed E-state index contributed by atoms with van der Waals surface area (Å²) in [5.74, 6) is -0.905. The van der Waals surface area contributed by atoms with Crippen LogP contribution in [0, 0.1) is 0 Å². The van der Waals surface area contributed by atoms with Crippen LogP contribution in [0.25, 0.3) is 10.8 Å². The first-order valence-corrected chi connectivity index (χ1v) is 8.00. The summed E-state index contributed by atoms with van der Waals surface area (Å²) in [6, 6.07) is 7.57. The van der Waals surface area contributed by atoms with E-state index in [9.17, 15) is 9.59 Å². The zero-order chi connectivity index (χ0) is 16.4. The smallest absolute Gasteiger partial charge is 0.253 e. The van der Waals surface area contributed by atoms with Crippen molar-refractivity contribution in [2.75, 3.05) is 5.32 Å². The van der Waals surface area contributed by atoms with E-state index in [1.807, 2.05) is 24.3 Å². The summed E-state index contributed by atoms with van der Waals surface area (Å²) < 4.78 is 0. The second-order valence-corrected chi connectivity index (χ2v) is 6.18. The third kappa shape index (κ3) is 3.18. The molecule has 0 aliphatic heterocycles. The Kier molecular flexibility index (Phi) is 4.27. The van der Waals surface area contributed by atoms with Gasteiger partial charge in [0.05, 0.1) is 17.0 Å². The van der Waals surface area contributed by atoms with Crippen LogP contribution in [0.5, 0.6) is 0 Å². The summed E-state index contributed by atoms with van der Waals surface area (Å²) in [5, 5.41) is 6.83. The molecule has 2 heterocycles. The second-order valence-electron chi connectivity index (χ2n) is 4.89. The molecule has 116 valence electrons. The number of thiophene rings is 1. The number of benzene rings is 1. The number of hydrogen-bond donors (Lipinski definition) is 2. The first kappa shape index (κ1) is 15.5. The number of carbonyl (C=O) groups excluding carboxylic acids is 2. The average Bonchev–Trinajstić information content (AvgIpc) is 2.88. The van der Waals surface area contributed by atoms with Crippen LogP contribution < -0.4 is 11.1 Å². The van der Waals surface area contributed by atoms with Crippen molar-refractivity contribution >= 4 is 50.5 Å². The Bertz CT molecular complexity index is 902. The number of aromatic nitrogens is 1. The molecule has 0 aliphatic carbocycles. The van der Waals surface area contributed by atoms with Gasteiger partial charge in [-0.05, 0) is 17.0 Å². The summed E-state index contributed by atoms with van der Waals surface area (Å²) in [6.07, 6.45) is 3.62. The highest BCUT2D eigenvalue weighted by atomic mass is 35.5. The zero-order valence-electron chi connectivity index (χ0n) is 11.9. The topological polar surface area (TPSA) is 85.1 Å². The molecule has 1 aromatic carbocycles. The van der Waals surface area contributed by atoms with E-state index in [4.69, 9.17) is 17.3 Å². The minimum Gasteiger partial charge on any atom is -0.365 e. The lowest BCUT2D eigenvalue weighted by molar-refractivity contribution is -0.115. The molecule has 0 atom stereocenters. The molecule has 2 amide bonds. The molecule has 0 radical (unpaired) electrons. The van der Waals surface area contributed by atoms with Crippen LogP contribution in [0.15, 0.2) is 42.0 Å². The van der Waals surface area contributed by atoms with Crippen LogP contribution in [0.2, 0.25) is 5.02 Å². The fourth-order valence-electron chi connectivity index (χ4n) is 2.35. The number of pyridine rings is 1. The number of nitrogens with two attached hydrogens (primary N) is 1. The van der Waals surface area contributed by atoms with Gasteiger partial charge in [-0.25, -0.2) is 0 Å². The molecule has 2 aromatic heterocycles. The predicted molar refractivity (Wildman–Crippen MR) is 91.9 cm³/mol. The van der Waals surface area contributed by atoms with E-state index in [0.717, 1.165) is 16.3 Å². The maximum atomic E-state index is 12.3. The number of fused-ring (bicyclic) bond motifs is 1. The molecule has 0 spiro atoms. The van der Waals surface area contributed by atoms with Crippen molar-refractivity contribution in [1.82, 2.24) is 4.98 Å². The number of anilines is 1. The van der Waals surface area contributed by atoms with Gasteiger partial charge in [0, 0.05) is 23.2 Å². The van der Waals surface area contributed by atoms with E-state index in [1.165, 1.54) is 11.3 Å². The van der Waals surface area contributed by atoms with E-state index in [2.05, 4.69) is 10.3 Å². The Morgan fingerprint density at radius 1 is 1.30 bits per heavy atom. The number of amides is 2. The first-order chi connectivity index (χ1) is 11.1. The molecule has 0 aliphatic rings. The summed E-state index contributed by atoms with van der Waals surface area (Å²) in [4.78, 5) is 27.8. The van der Waals surface area contributed by atoms with Crippen LogP contribution in [0.3, 0.4) is 0 Å². The van der Waals surface area contributed by atoms with E-state index in [1.54, 1.807) is 17.8 Å². The van der Waals surface area contributed by atoms with Gasteiger partial charge in [0.15, 0.2) is 0 Å². The molecule has 23 heavy (non-hydrogen) atoms. The lowest BCUT2D eigenvalue weighted by atomic mass is 10.0. The third-order valence-corrected chi connectivity index (χ3v) is 4.69. The maximum Gasteiger partial charge on any atom is 0.253 e. The van der Waals surface area contributed by atoms with Crippen LogP contribution in [-0.2, 0) is 11.2 Å². The molecule has 0 bridgehead atoms. The highest BCUT2D eigenvalue weighted by molar-refractivity contribution is 7.15. The lowest BCUT2D eigenvalue weighted by Gasteiger charge is -2.07. The SMILES string of the molecule is NC(=O)c1c(Cl)csc1NC(=O)Cc1cccc2cnccc12. The molecule has 0 saturated carbocycles. The van der Waals surface area contributed by atoms with E-state index in [0.29, 0.717) is 5.00 Å². The van der Waals surface area contributed by atoms with Gasteiger partial charge in [-0.2, -0.15) is 0 Å². The molecule has 3 aromatic rings. The number of hydrogen-bond acceptors (Lipinski definition) is 4. The zero-order valence-corrected chi connectivity index (χ0v) is 13.4. The van der Waals surface area contributed by atoms with Gasteiger partial charge in [-0.3, -0.25) is 14.6 Å². The normalized spacial score (nSPS) is 10.7. The van der Waals surface area contributed by atoms with Crippen molar-refractivity contribution < 1.29 is 9.59 Å². The fraction of sp³-hybridized carbons (Fsp3) is 0.0625. The molecular weight excluding hydrogens is 334 g/mol. The van der Waals surface area contributed by atoms with Crippen molar-refractivity contribution in [1.29, 1.82) is 0 Å². The minimum absolute atomic E-state index is 0.145. The molecule has 3 N–H and O–H groups in total. The third-order valence-electron chi connectivity index (χ3n) is 3.37. The van der Waals surface area contributed by atoms with Gasteiger partial charge in [0.1, 0.15) is 5.00 Å². The van der Waals surface area contributed by atoms with Gasteiger partial charge >= 0.3 is 0 Å². The van der Waals surface area contributed by atoms with Crippen LogP contribution >= 0.6 is 22.9 Å². The van der Waals surface area contributed by atoms with E-state index < -0.39 is 5.91 Å². The highest BCUT2D eigenvalue weighted by Gasteiger charge is 2.17. The quantitative estimate of drug-likeness (QED) is 0.761. The van der Waals surface area contributed by atoms with Crippen LogP contribution in [0.4, 0.5) is 5.00 Å². The van der Waals surface area contributed by atoms with Crippen molar-refractivity contribution in [2.45, 2.75) is 6.42 Å². The Hall–Kier alpha value is -2.44. The molecular formula is C16H12ClN3O2S. The molecule has 3 rings (SSSR count). The number of primary amides is 1. The Labute approximate surface area is 141 Å². The second kappa shape index (κ2) is 6.36. The number of rotatable bonds is 4. The van der Waals surface area contributed by atoms with Gasteiger partial charge in [0.25, 0.3) is 5.91 Å². The van der Waals surface area contributed by atoms with Gasteiger partial charge in [0.2, 0.25) is 5.91 Å². The average molecular weight is 346 g/mol. The maximum absolute atomic E-state index is 12.3. The van der Waals surface area contributed by atoms with Crippen LogP contribution in [0.1, 0.15) is 15.9 Å². The molecule has 7 heteroatoms. The molecule has 0 unspecified atom stereocenters. The van der Waals surface area contributed by atoms with Gasteiger partial charge < -0.3 is 11.1 Å². The van der Waals surface area contributed by atoms with Gasteiger partial charge in [-0.1, -0.05) is 29.8 Å². The molecule has 0 fully saturated rings. The Morgan fingerprint density at radius 2 is 2.13 bits per heavy atom. The van der Waals surface area contributed by atoms with Crippen molar-refractivity contribution in [2.24, 2.45) is 5.73 Å². The van der Waals surface area contributed by atoms with Crippen molar-refractivity contribution in [3.63, 3.8) is 0 Å². The summed E-state index contributed by atoms with van der Waals surface area (Å²) >= 11 is 7.09. The van der Waals surface area contributed by atoms with Crippen LogP contribution in [-0.4, -0.2) is 16.8 Å². The van der Waals surface area contributed by atoms with E-state index >= 15 is 0 Å². The number of carbonyl (C=O) groups is 2. The molecule has 0 saturated heterocycles. The standard InChI is InChI=1S/C16H12ClN3O2S/c17-12-8-23-16(14(12)15(18)22)20-13(21)6-9-2-1-3-10-7-19-5-4-11(9)10/h1-5,7-8H,6H2,(H2,18,22)(H,20,21). The minimum atomic E-state index is -0.664. The number of nitrogens with zero attached hydrogens (tertiary/aromatic N) is 1. The lowest BCUT2D eigenvalue weighted by Crippen LogP contribution is -2.18. The van der Waals surface area contributed by atoms with Crippen molar-refractivity contribution in [3.8, 4) is 0 Å². The Balaban J connectivity index is 1.84.